The molecule has 0 aliphatic carbocycles. The number of anilines is 1. The summed E-state index contributed by atoms with van der Waals surface area (Å²) < 4.78 is 0. The minimum absolute atomic E-state index is 0.0480. The molecule has 1 unspecified atom stereocenters. The van der Waals surface area contributed by atoms with E-state index in [0.717, 1.165) is 23.2 Å². The van der Waals surface area contributed by atoms with Gasteiger partial charge in [0, 0.05) is 29.0 Å². The Morgan fingerprint density at radius 3 is 2.85 bits per heavy atom. The van der Waals surface area contributed by atoms with Gasteiger partial charge >= 0.3 is 0 Å². The van der Waals surface area contributed by atoms with Crippen LogP contribution in [0.15, 0.2) is 24.4 Å². The van der Waals surface area contributed by atoms with E-state index in [1.807, 2.05) is 19.9 Å². The van der Waals surface area contributed by atoms with Crippen molar-refractivity contribution in [1.82, 2.24) is 4.98 Å². The molecule has 2 aromatic rings. The molecule has 1 heterocycles. The van der Waals surface area contributed by atoms with Gasteiger partial charge in [0.15, 0.2) is 0 Å². The van der Waals surface area contributed by atoms with Crippen molar-refractivity contribution in [3.8, 4) is 12.3 Å². The maximum Gasteiger partial charge on any atom is 0.278 e. The highest BCUT2D eigenvalue weighted by Crippen LogP contribution is 2.31. The molecule has 1 aromatic heterocycles. The molecular formula is C15H15N3O2. The molecule has 0 saturated carbocycles. The number of nitrogens with one attached hydrogen (secondary N) is 1. The molecule has 1 N–H and O–H groups in total. The molecule has 0 bridgehead atoms. The van der Waals surface area contributed by atoms with Gasteiger partial charge in [-0.25, -0.2) is 0 Å². The predicted octanol–water partition coefficient (Wildman–Crippen LogP) is 3.28. The van der Waals surface area contributed by atoms with Crippen molar-refractivity contribution < 1.29 is 4.92 Å². The van der Waals surface area contributed by atoms with E-state index in [4.69, 9.17) is 6.42 Å². The number of hydrogen-bond acceptors (Lipinski definition) is 4. The van der Waals surface area contributed by atoms with E-state index in [2.05, 4.69) is 16.2 Å². The number of hydrogen-bond donors (Lipinski definition) is 1. The summed E-state index contributed by atoms with van der Waals surface area (Å²) in [5.41, 5.74) is 1.64. The van der Waals surface area contributed by atoms with Crippen LogP contribution in [0.2, 0.25) is 0 Å². The molecule has 0 fully saturated rings. The molecule has 102 valence electrons. The summed E-state index contributed by atoms with van der Waals surface area (Å²) in [6.07, 6.45) is 7.76. The zero-order valence-electron chi connectivity index (χ0n) is 11.4. The van der Waals surface area contributed by atoms with Crippen LogP contribution >= 0.6 is 0 Å². The summed E-state index contributed by atoms with van der Waals surface area (Å²) in [5.74, 6) is 2.66. The van der Waals surface area contributed by atoms with Gasteiger partial charge in [-0.05, 0) is 25.5 Å². The van der Waals surface area contributed by atoms with E-state index in [-0.39, 0.29) is 11.7 Å². The number of rotatable bonds is 4. The normalized spacial score (nSPS) is 11.8. The van der Waals surface area contributed by atoms with Crippen molar-refractivity contribution in [2.45, 2.75) is 26.3 Å². The molecular weight excluding hydrogens is 254 g/mol. The van der Waals surface area contributed by atoms with Gasteiger partial charge < -0.3 is 5.32 Å². The van der Waals surface area contributed by atoms with E-state index in [0.29, 0.717) is 5.39 Å². The van der Waals surface area contributed by atoms with Crippen LogP contribution < -0.4 is 5.32 Å². The summed E-state index contributed by atoms with van der Waals surface area (Å²) >= 11 is 0. The van der Waals surface area contributed by atoms with Gasteiger partial charge in [-0.3, -0.25) is 15.1 Å². The van der Waals surface area contributed by atoms with Crippen LogP contribution in [-0.2, 0) is 0 Å². The Hall–Kier alpha value is -2.61. The fraction of sp³-hybridized carbons (Fsp3) is 0.267. The molecule has 1 aromatic carbocycles. The van der Waals surface area contributed by atoms with Crippen LogP contribution in [0.3, 0.4) is 0 Å². The first kappa shape index (κ1) is 13.8. The third-order valence-corrected chi connectivity index (χ3v) is 3.15. The fourth-order valence-electron chi connectivity index (χ4n) is 2.06. The Balaban J connectivity index is 2.62. The second-order valence-electron chi connectivity index (χ2n) is 4.53. The quantitative estimate of drug-likeness (QED) is 0.525. The first-order valence-corrected chi connectivity index (χ1v) is 6.33. The van der Waals surface area contributed by atoms with E-state index < -0.39 is 4.92 Å². The molecule has 0 spiro atoms. The molecule has 20 heavy (non-hydrogen) atoms. The van der Waals surface area contributed by atoms with Crippen molar-refractivity contribution in [2.24, 2.45) is 0 Å². The lowest BCUT2D eigenvalue weighted by atomic mass is 10.1. The van der Waals surface area contributed by atoms with Crippen molar-refractivity contribution in [2.75, 3.05) is 5.32 Å². The highest BCUT2D eigenvalue weighted by atomic mass is 16.6. The molecule has 0 aliphatic rings. The molecule has 0 aliphatic heterocycles. The molecule has 0 radical (unpaired) electrons. The van der Waals surface area contributed by atoms with E-state index in [9.17, 15) is 10.1 Å². The van der Waals surface area contributed by atoms with Gasteiger partial charge in [-0.1, -0.05) is 12.8 Å². The van der Waals surface area contributed by atoms with Crippen LogP contribution in [0.1, 0.15) is 19.0 Å². The summed E-state index contributed by atoms with van der Waals surface area (Å²) in [7, 11) is 0. The minimum atomic E-state index is -0.401. The van der Waals surface area contributed by atoms with E-state index in [1.165, 1.54) is 12.3 Å². The summed E-state index contributed by atoms with van der Waals surface area (Å²) in [6.45, 7) is 3.83. The molecule has 5 heteroatoms. The Labute approximate surface area is 117 Å². The average molecular weight is 269 g/mol. The number of benzene rings is 1. The molecule has 0 amide bonds. The lowest BCUT2D eigenvalue weighted by Crippen LogP contribution is -2.16. The van der Waals surface area contributed by atoms with Crippen LogP contribution in [0.4, 0.5) is 11.4 Å². The van der Waals surface area contributed by atoms with Gasteiger partial charge in [0.2, 0.25) is 0 Å². The number of nitrogens with zero attached hydrogens (tertiary/aromatic N) is 2. The van der Waals surface area contributed by atoms with Crippen LogP contribution in [0, 0.1) is 29.4 Å². The van der Waals surface area contributed by atoms with Gasteiger partial charge in [0.1, 0.15) is 0 Å². The smallest absolute Gasteiger partial charge is 0.278 e. The summed E-state index contributed by atoms with van der Waals surface area (Å²) in [6, 6.07) is 4.90. The molecule has 5 nitrogen and oxygen atoms in total. The Morgan fingerprint density at radius 2 is 2.25 bits per heavy atom. The maximum absolute atomic E-state index is 11.1. The van der Waals surface area contributed by atoms with E-state index in [1.54, 1.807) is 6.07 Å². The standard InChI is InChI=1S/C15H15N3O2/c1-4-11(5-2)17-14-6-7-15(18(19)20)13-9-16-10(3)8-12(13)14/h1,6-9,11,17H,5H2,2-3H3. The number of nitro groups is 1. The van der Waals surface area contributed by atoms with Gasteiger partial charge in [0.05, 0.1) is 16.4 Å². The second kappa shape index (κ2) is 5.57. The van der Waals surface area contributed by atoms with Gasteiger partial charge in [-0.2, -0.15) is 0 Å². The SMILES string of the molecule is C#CC(CC)Nc1ccc([N+](=O)[O-])c2cnc(C)cc12. The molecule has 2 rings (SSSR count). The Morgan fingerprint density at radius 1 is 1.50 bits per heavy atom. The number of non-ortho nitro benzene ring substituents is 1. The summed E-state index contributed by atoms with van der Waals surface area (Å²) in [4.78, 5) is 14.8. The topological polar surface area (TPSA) is 68.1 Å². The average Bonchev–Trinajstić information content (AvgIpc) is 2.44. The number of pyridine rings is 1. The lowest BCUT2D eigenvalue weighted by Gasteiger charge is -2.14. The van der Waals surface area contributed by atoms with Crippen LogP contribution in [0.25, 0.3) is 10.8 Å². The van der Waals surface area contributed by atoms with Crippen molar-refractivity contribution in [1.29, 1.82) is 0 Å². The Kier molecular flexibility index (Phi) is 3.85. The zero-order valence-corrected chi connectivity index (χ0v) is 11.4. The zero-order chi connectivity index (χ0) is 14.7. The second-order valence-corrected chi connectivity index (χ2v) is 4.53. The highest BCUT2D eigenvalue weighted by molar-refractivity contribution is 5.99. The van der Waals surface area contributed by atoms with Crippen molar-refractivity contribution in [3.05, 3.63) is 40.2 Å². The van der Waals surface area contributed by atoms with Crippen LogP contribution in [0.5, 0.6) is 0 Å². The minimum Gasteiger partial charge on any atom is -0.371 e. The third kappa shape index (κ3) is 2.54. The van der Waals surface area contributed by atoms with Crippen molar-refractivity contribution >= 4 is 22.1 Å². The lowest BCUT2D eigenvalue weighted by molar-refractivity contribution is -0.383. The van der Waals surface area contributed by atoms with Crippen molar-refractivity contribution in [3.63, 3.8) is 0 Å². The largest absolute Gasteiger partial charge is 0.371 e. The first-order chi connectivity index (χ1) is 9.56. The number of nitro benzene ring substituents is 1. The number of terminal acetylenes is 1. The fourth-order valence-corrected chi connectivity index (χ4v) is 2.06. The highest BCUT2D eigenvalue weighted by Gasteiger charge is 2.16. The van der Waals surface area contributed by atoms with Gasteiger partial charge in [-0.15, -0.1) is 6.42 Å². The molecule has 0 saturated heterocycles. The van der Waals surface area contributed by atoms with Gasteiger partial charge in [0.25, 0.3) is 5.69 Å². The number of aryl methyl sites for hydroxylation is 1. The maximum atomic E-state index is 11.1. The number of aromatic nitrogens is 1. The van der Waals surface area contributed by atoms with E-state index >= 15 is 0 Å². The Bertz CT molecular complexity index is 704. The van der Waals surface area contributed by atoms with Crippen LogP contribution in [-0.4, -0.2) is 15.9 Å². The predicted molar refractivity (Wildman–Crippen MR) is 79.7 cm³/mol. The summed E-state index contributed by atoms with van der Waals surface area (Å²) in [5, 5.41) is 15.6. The number of fused-ring (bicyclic) bond motifs is 1. The first-order valence-electron chi connectivity index (χ1n) is 6.33. The monoisotopic (exact) mass is 269 g/mol. The third-order valence-electron chi connectivity index (χ3n) is 3.15. The molecule has 1 atom stereocenters.